The van der Waals surface area contributed by atoms with Crippen LogP contribution >= 0.6 is 11.6 Å². The summed E-state index contributed by atoms with van der Waals surface area (Å²) in [5.74, 6) is 0.668. The summed E-state index contributed by atoms with van der Waals surface area (Å²) in [6.07, 6.45) is -1.07. The Balaban J connectivity index is 1.61. The third kappa shape index (κ3) is 3.89. The summed E-state index contributed by atoms with van der Waals surface area (Å²) in [7, 11) is 0. The van der Waals surface area contributed by atoms with E-state index in [0.717, 1.165) is 16.5 Å². The van der Waals surface area contributed by atoms with Gasteiger partial charge in [-0.05, 0) is 34.9 Å². The van der Waals surface area contributed by atoms with E-state index in [0.29, 0.717) is 24.3 Å². The second-order valence-electron chi connectivity index (χ2n) is 6.61. The number of anilines is 1. The molecule has 3 N–H and O–H groups in total. The number of halogens is 1. The Bertz CT molecular complexity index is 938. The number of aliphatic hydroxyl groups is 2. The van der Waals surface area contributed by atoms with Crippen LogP contribution in [0.15, 0.2) is 48.5 Å². The van der Waals surface area contributed by atoms with E-state index in [2.05, 4.69) is 15.3 Å². The summed E-state index contributed by atoms with van der Waals surface area (Å²) in [6, 6.07) is 15.8. The molecule has 0 radical (unpaired) electrons. The molecule has 3 aromatic rings. The first-order valence-electron chi connectivity index (χ1n) is 8.83. The van der Waals surface area contributed by atoms with Crippen LogP contribution in [-0.4, -0.2) is 39.0 Å². The largest absolute Gasteiger partial charge is 0.394 e. The lowest BCUT2D eigenvalue weighted by Gasteiger charge is -2.14. The highest BCUT2D eigenvalue weighted by molar-refractivity contribution is 6.28. The molecule has 0 aliphatic carbocycles. The van der Waals surface area contributed by atoms with Crippen molar-refractivity contribution in [3.63, 3.8) is 0 Å². The number of benzene rings is 2. The zero-order valence-corrected chi connectivity index (χ0v) is 15.3. The van der Waals surface area contributed by atoms with Gasteiger partial charge in [-0.25, -0.2) is 9.97 Å². The number of nitrogens with one attached hydrogen (secondary N) is 1. The summed E-state index contributed by atoms with van der Waals surface area (Å²) >= 11 is 6.12. The van der Waals surface area contributed by atoms with Gasteiger partial charge < -0.3 is 20.3 Å². The molecule has 0 spiro atoms. The minimum absolute atomic E-state index is 0.163. The molecule has 7 heteroatoms. The zero-order chi connectivity index (χ0) is 18.8. The molecule has 2 heterocycles. The third-order valence-corrected chi connectivity index (χ3v) is 4.94. The molecule has 4 rings (SSSR count). The average Bonchev–Trinajstić information content (AvgIpc) is 3.07. The van der Waals surface area contributed by atoms with Gasteiger partial charge in [0, 0.05) is 18.4 Å². The fourth-order valence-electron chi connectivity index (χ4n) is 3.34. The number of ether oxygens (including phenoxy) is 1. The molecule has 0 bridgehead atoms. The van der Waals surface area contributed by atoms with Crippen molar-refractivity contribution in [2.45, 2.75) is 31.3 Å². The SMILES string of the molecule is OC[C@H]1O[C@@H](c2ccc3c(NCc4ccccc4)nc(Cl)nc3c2)C[C@@H]1O. The van der Waals surface area contributed by atoms with Crippen molar-refractivity contribution in [2.75, 3.05) is 11.9 Å². The molecule has 1 aliphatic heterocycles. The number of hydrogen-bond donors (Lipinski definition) is 3. The van der Waals surface area contributed by atoms with E-state index in [1.165, 1.54) is 0 Å². The van der Waals surface area contributed by atoms with Crippen molar-refractivity contribution in [2.24, 2.45) is 0 Å². The highest BCUT2D eigenvalue weighted by Crippen LogP contribution is 2.35. The van der Waals surface area contributed by atoms with Crippen molar-refractivity contribution in [3.8, 4) is 0 Å². The van der Waals surface area contributed by atoms with Crippen molar-refractivity contribution >= 4 is 28.3 Å². The maximum Gasteiger partial charge on any atom is 0.224 e. The van der Waals surface area contributed by atoms with Crippen molar-refractivity contribution in [1.82, 2.24) is 9.97 Å². The van der Waals surface area contributed by atoms with E-state index < -0.39 is 12.2 Å². The molecule has 1 fully saturated rings. The van der Waals surface area contributed by atoms with Gasteiger partial charge in [-0.15, -0.1) is 0 Å². The monoisotopic (exact) mass is 385 g/mol. The Morgan fingerprint density at radius 1 is 1.15 bits per heavy atom. The summed E-state index contributed by atoms with van der Waals surface area (Å²) in [6.45, 7) is 0.425. The summed E-state index contributed by atoms with van der Waals surface area (Å²) in [4.78, 5) is 8.65. The maximum absolute atomic E-state index is 9.96. The van der Waals surface area contributed by atoms with Crippen molar-refractivity contribution in [3.05, 3.63) is 64.9 Å². The normalized spacial score (nSPS) is 22.3. The van der Waals surface area contributed by atoms with E-state index in [-0.39, 0.29) is 18.0 Å². The van der Waals surface area contributed by atoms with Crippen LogP contribution < -0.4 is 5.32 Å². The molecule has 3 atom stereocenters. The highest BCUT2D eigenvalue weighted by atomic mass is 35.5. The number of rotatable bonds is 5. The van der Waals surface area contributed by atoms with E-state index >= 15 is 0 Å². The van der Waals surface area contributed by atoms with Gasteiger partial charge in [0.05, 0.1) is 24.3 Å². The Morgan fingerprint density at radius 2 is 1.96 bits per heavy atom. The van der Waals surface area contributed by atoms with E-state index in [9.17, 15) is 10.2 Å². The molecule has 1 aliphatic rings. The molecule has 2 aromatic carbocycles. The summed E-state index contributed by atoms with van der Waals surface area (Å²) in [5, 5.41) is 23.6. The fraction of sp³-hybridized carbons (Fsp3) is 0.300. The molecule has 27 heavy (non-hydrogen) atoms. The van der Waals surface area contributed by atoms with Crippen LogP contribution in [0.25, 0.3) is 10.9 Å². The van der Waals surface area contributed by atoms with Crippen LogP contribution in [0.5, 0.6) is 0 Å². The molecule has 6 nitrogen and oxygen atoms in total. The van der Waals surface area contributed by atoms with Crippen LogP contribution in [0, 0.1) is 0 Å². The van der Waals surface area contributed by atoms with Gasteiger partial charge in [0.15, 0.2) is 0 Å². The molecule has 1 saturated heterocycles. The number of aliphatic hydroxyl groups excluding tert-OH is 2. The first-order chi connectivity index (χ1) is 13.1. The lowest BCUT2D eigenvalue weighted by molar-refractivity contribution is -0.0225. The van der Waals surface area contributed by atoms with Gasteiger partial charge in [-0.2, -0.15) is 0 Å². The number of nitrogens with zero attached hydrogens (tertiary/aromatic N) is 2. The summed E-state index contributed by atoms with van der Waals surface area (Å²) in [5.41, 5.74) is 2.73. The molecule has 0 amide bonds. The molecular weight excluding hydrogens is 366 g/mol. The molecule has 1 aromatic heterocycles. The van der Waals surface area contributed by atoms with Gasteiger partial charge in [-0.3, -0.25) is 0 Å². The Kier molecular flexibility index (Phi) is 5.22. The van der Waals surface area contributed by atoms with E-state index in [4.69, 9.17) is 16.3 Å². The lowest BCUT2D eigenvalue weighted by Crippen LogP contribution is -2.24. The summed E-state index contributed by atoms with van der Waals surface area (Å²) < 4.78 is 5.73. The van der Waals surface area contributed by atoms with Gasteiger partial charge in [0.2, 0.25) is 5.28 Å². The minimum atomic E-state index is -0.673. The standard InChI is InChI=1S/C20H20ClN3O3/c21-20-23-15-8-13(17-9-16(26)18(11-25)27-17)6-7-14(15)19(24-20)22-10-12-4-2-1-3-5-12/h1-8,16-18,25-26H,9-11H2,(H,22,23,24)/t16-,17+,18+/m0/s1. The minimum Gasteiger partial charge on any atom is -0.394 e. The van der Waals surface area contributed by atoms with Crippen LogP contribution in [0.2, 0.25) is 5.28 Å². The van der Waals surface area contributed by atoms with Crippen molar-refractivity contribution < 1.29 is 14.9 Å². The smallest absolute Gasteiger partial charge is 0.224 e. The topological polar surface area (TPSA) is 87.5 Å². The Morgan fingerprint density at radius 3 is 2.70 bits per heavy atom. The predicted octanol–water partition coefficient (Wildman–Crippen LogP) is 3.08. The Hall–Kier alpha value is -2.25. The zero-order valence-electron chi connectivity index (χ0n) is 14.5. The van der Waals surface area contributed by atoms with Crippen LogP contribution in [0.1, 0.15) is 23.7 Å². The average molecular weight is 386 g/mol. The molecule has 140 valence electrons. The van der Waals surface area contributed by atoms with Crippen LogP contribution in [0.3, 0.4) is 0 Å². The van der Waals surface area contributed by atoms with E-state index in [1.807, 2.05) is 48.5 Å². The van der Waals surface area contributed by atoms with Gasteiger partial charge in [0.25, 0.3) is 0 Å². The first kappa shape index (κ1) is 18.1. The molecular formula is C20H20ClN3O3. The van der Waals surface area contributed by atoms with Gasteiger partial charge >= 0.3 is 0 Å². The van der Waals surface area contributed by atoms with Crippen molar-refractivity contribution in [1.29, 1.82) is 0 Å². The lowest BCUT2D eigenvalue weighted by atomic mass is 10.0. The fourth-order valence-corrected chi connectivity index (χ4v) is 3.52. The van der Waals surface area contributed by atoms with E-state index in [1.54, 1.807) is 0 Å². The van der Waals surface area contributed by atoms with Gasteiger partial charge in [-0.1, -0.05) is 36.4 Å². The molecule has 0 saturated carbocycles. The number of hydrogen-bond acceptors (Lipinski definition) is 6. The van der Waals surface area contributed by atoms with Crippen LogP contribution in [0.4, 0.5) is 5.82 Å². The quantitative estimate of drug-likeness (QED) is 0.585. The maximum atomic E-state index is 9.96. The van der Waals surface area contributed by atoms with Crippen LogP contribution in [-0.2, 0) is 11.3 Å². The predicted molar refractivity (Wildman–Crippen MR) is 104 cm³/mol. The number of fused-ring (bicyclic) bond motifs is 1. The van der Waals surface area contributed by atoms with Gasteiger partial charge in [0.1, 0.15) is 11.9 Å². The Labute approximate surface area is 161 Å². The third-order valence-electron chi connectivity index (χ3n) is 4.77. The number of aromatic nitrogens is 2. The second kappa shape index (κ2) is 7.78. The first-order valence-corrected chi connectivity index (χ1v) is 9.21. The second-order valence-corrected chi connectivity index (χ2v) is 6.94. The molecule has 0 unspecified atom stereocenters. The highest BCUT2D eigenvalue weighted by Gasteiger charge is 2.34.